The molecule has 0 unspecified atom stereocenters. The SMILES string of the molecule is CC(C)n1cc(Nc2cccc(C(=O)O)c2[N+](=O)[O-])cn1. The van der Waals surface area contributed by atoms with Crippen molar-refractivity contribution in [2.24, 2.45) is 0 Å². The molecule has 1 heterocycles. The van der Waals surface area contributed by atoms with Crippen LogP contribution in [0.5, 0.6) is 0 Å². The molecular weight excluding hydrogens is 276 g/mol. The van der Waals surface area contributed by atoms with Crippen LogP contribution < -0.4 is 5.32 Å². The van der Waals surface area contributed by atoms with E-state index in [0.717, 1.165) is 0 Å². The van der Waals surface area contributed by atoms with E-state index in [1.54, 1.807) is 10.9 Å². The first-order valence-corrected chi connectivity index (χ1v) is 6.22. The molecule has 8 heteroatoms. The van der Waals surface area contributed by atoms with Gasteiger partial charge in [-0.15, -0.1) is 0 Å². The standard InChI is InChI=1S/C13H14N4O4/c1-8(2)16-7-9(6-14-16)15-11-5-3-4-10(13(18)19)12(11)17(20)21/h3-8,15H,1-2H3,(H,18,19). The Hall–Kier alpha value is -2.90. The summed E-state index contributed by atoms with van der Waals surface area (Å²) < 4.78 is 1.69. The Balaban J connectivity index is 2.41. The molecule has 21 heavy (non-hydrogen) atoms. The van der Waals surface area contributed by atoms with Crippen LogP contribution in [0.1, 0.15) is 30.2 Å². The van der Waals surface area contributed by atoms with Gasteiger partial charge in [-0.25, -0.2) is 4.79 Å². The van der Waals surface area contributed by atoms with Crippen LogP contribution >= 0.6 is 0 Å². The molecule has 0 bridgehead atoms. The first kappa shape index (κ1) is 14.5. The monoisotopic (exact) mass is 290 g/mol. The van der Waals surface area contributed by atoms with Gasteiger partial charge in [0.05, 0.1) is 16.8 Å². The van der Waals surface area contributed by atoms with Crippen LogP contribution in [0.2, 0.25) is 0 Å². The van der Waals surface area contributed by atoms with Gasteiger partial charge in [-0.2, -0.15) is 5.10 Å². The Kier molecular flexibility index (Phi) is 3.88. The zero-order chi connectivity index (χ0) is 15.6. The lowest BCUT2D eigenvalue weighted by Crippen LogP contribution is -2.05. The smallest absolute Gasteiger partial charge is 0.342 e. The molecule has 0 spiro atoms. The topological polar surface area (TPSA) is 110 Å². The third-order valence-corrected chi connectivity index (χ3v) is 2.86. The second-order valence-electron chi connectivity index (χ2n) is 4.69. The summed E-state index contributed by atoms with van der Waals surface area (Å²) in [5.74, 6) is -1.34. The van der Waals surface area contributed by atoms with Gasteiger partial charge in [0.1, 0.15) is 11.3 Å². The number of carbonyl (C=O) groups is 1. The summed E-state index contributed by atoms with van der Waals surface area (Å²) in [5, 5.41) is 27.1. The van der Waals surface area contributed by atoms with Crippen molar-refractivity contribution < 1.29 is 14.8 Å². The minimum absolute atomic E-state index is 0.114. The van der Waals surface area contributed by atoms with Crippen molar-refractivity contribution in [1.82, 2.24) is 9.78 Å². The number of nitro groups is 1. The first-order chi connectivity index (χ1) is 9.90. The summed E-state index contributed by atoms with van der Waals surface area (Å²) in [6.45, 7) is 3.90. The molecule has 1 aromatic heterocycles. The van der Waals surface area contributed by atoms with E-state index < -0.39 is 16.6 Å². The van der Waals surface area contributed by atoms with Gasteiger partial charge < -0.3 is 10.4 Å². The van der Waals surface area contributed by atoms with E-state index in [4.69, 9.17) is 5.11 Å². The summed E-state index contributed by atoms with van der Waals surface area (Å²) in [5.41, 5.74) is -0.166. The first-order valence-electron chi connectivity index (χ1n) is 6.22. The fraction of sp³-hybridized carbons (Fsp3) is 0.231. The summed E-state index contributed by atoms with van der Waals surface area (Å²) in [6.07, 6.45) is 3.22. The molecule has 0 radical (unpaired) electrons. The van der Waals surface area contributed by atoms with Crippen molar-refractivity contribution in [1.29, 1.82) is 0 Å². The van der Waals surface area contributed by atoms with Gasteiger partial charge in [0.15, 0.2) is 0 Å². The van der Waals surface area contributed by atoms with E-state index in [2.05, 4.69) is 10.4 Å². The molecule has 2 rings (SSSR count). The molecule has 0 saturated heterocycles. The zero-order valence-electron chi connectivity index (χ0n) is 11.5. The summed E-state index contributed by atoms with van der Waals surface area (Å²) >= 11 is 0. The molecule has 1 aromatic carbocycles. The number of hydrogen-bond donors (Lipinski definition) is 2. The number of aromatic nitrogens is 2. The van der Waals surface area contributed by atoms with Gasteiger partial charge in [-0.05, 0) is 26.0 Å². The van der Waals surface area contributed by atoms with Crippen molar-refractivity contribution in [3.05, 3.63) is 46.3 Å². The summed E-state index contributed by atoms with van der Waals surface area (Å²) in [4.78, 5) is 21.5. The predicted molar refractivity (Wildman–Crippen MR) is 76.0 cm³/mol. The van der Waals surface area contributed by atoms with Crippen molar-refractivity contribution >= 4 is 23.0 Å². The summed E-state index contributed by atoms with van der Waals surface area (Å²) in [7, 11) is 0. The van der Waals surface area contributed by atoms with Gasteiger partial charge >= 0.3 is 11.7 Å². The molecule has 0 atom stereocenters. The van der Waals surface area contributed by atoms with Gasteiger partial charge in [0.25, 0.3) is 0 Å². The Morgan fingerprint density at radius 3 is 2.71 bits per heavy atom. The highest BCUT2D eigenvalue weighted by Gasteiger charge is 2.24. The maximum atomic E-state index is 11.1. The predicted octanol–water partition coefficient (Wildman–Crippen LogP) is 2.81. The van der Waals surface area contributed by atoms with Crippen LogP contribution in [-0.2, 0) is 0 Å². The fourth-order valence-electron chi connectivity index (χ4n) is 1.85. The molecule has 0 aliphatic carbocycles. The quantitative estimate of drug-likeness (QED) is 0.647. The molecule has 0 saturated carbocycles. The van der Waals surface area contributed by atoms with E-state index >= 15 is 0 Å². The van der Waals surface area contributed by atoms with Crippen molar-refractivity contribution in [2.45, 2.75) is 19.9 Å². The minimum Gasteiger partial charge on any atom is -0.477 e. The van der Waals surface area contributed by atoms with E-state index in [0.29, 0.717) is 5.69 Å². The van der Waals surface area contributed by atoms with Crippen molar-refractivity contribution in [3.63, 3.8) is 0 Å². The molecule has 0 aliphatic heterocycles. The molecule has 2 N–H and O–H groups in total. The van der Waals surface area contributed by atoms with Crippen LogP contribution in [0, 0.1) is 10.1 Å². The van der Waals surface area contributed by atoms with Crippen LogP contribution in [0.15, 0.2) is 30.6 Å². The van der Waals surface area contributed by atoms with Gasteiger partial charge in [-0.3, -0.25) is 14.8 Å². The highest BCUT2D eigenvalue weighted by molar-refractivity contribution is 5.96. The number of hydrogen-bond acceptors (Lipinski definition) is 5. The number of anilines is 2. The van der Waals surface area contributed by atoms with Crippen LogP contribution in [0.3, 0.4) is 0 Å². The molecule has 0 amide bonds. The number of nitrogens with zero attached hydrogens (tertiary/aromatic N) is 3. The third kappa shape index (κ3) is 2.99. The summed E-state index contributed by atoms with van der Waals surface area (Å²) in [6, 6.07) is 4.26. The van der Waals surface area contributed by atoms with E-state index in [9.17, 15) is 14.9 Å². The largest absolute Gasteiger partial charge is 0.477 e. The number of para-hydroxylation sites is 1. The van der Waals surface area contributed by atoms with E-state index in [-0.39, 0.29) is 17.3 Å². The molecule has 110 valence electrons. The van der Waals surface area contributed by atoms with E-state index in [1.165, 1.54) is 24.4 Å². The number of benzene rings is 1. The number of rotatable bonds is 5. The highest BCUT2D eigenvalue weighted by Crippen LogP contribution is 2.31. The van der Waals surface area contributed by atoms with Crippen LogP contribution in [0.4, 0.5) is 17.1 Å². The number of carboxylic acid groups (broad SMARTS) is 1. The van der Waals surface area contributed by atoms with Gasteiger partial charge in [0, 0.05) is 12.2 Å². The Labute approximate surface area is 120 Å². The van der Waals surface area contributed by atoms with E-state index in [1.807, 2.05) is 13.8 Å². The zero-order valence-corrected chi connectivity index (χ0v) is 11.5. The molecular formula is C13H14N4O4. The number of nitro benzene ring substituents is 1. The highest BCUT2D eigenvalue weighted by atomic mass is 16.6. The third-order valence-electron chi connectivity index (χ3n) is 2.86. The minimum atomic E-state index is -1.34. The lowest BCUT2D eigenvalue weighted by Gasteiger charge is -2.07. The fourth-order valence-corrected chi connectivity index (χ4v) is 1.85. The average Bonchev–Trinajstić information content (AvgIpc) is 2.86. The average molecular weight is 290 g/mol. The number of carboxylic acids is 1. The second kappa shape index (κ2) is 5.61. The molecule has 0 aliphatic rings. The maximum Gasteiger partial charge on any atom is 0.342 e. The van der Waals surface area contributed by atoms with Gasteiger partial charge in [-0.1, -0.05) is 6.07 Å². The maximum absolute atomic E-state index is 11.1. The second-order valence-corrected chi connectivity index (χ2v) is 4.69. The number of nitrogens with one attached hydrogen (secondary N) is 1. The lowest BCUT2D eigenvalue weighted by molar-refractivity contribution is -0.384. The molecule has 8 nitrogen and oxygen atoms in total. The van der Waals surface area contributed by atoms with Gasteiger partial charge in [0.2, 0.25) is 0 Å². The Bertz CT molecular complexity index is 693. The number of aromatic carboxylic acids is 1. The molecule has 0 fully saturated rings. The van der Waals surface area contributed by atoms with Crippen LogP contribution in [0.25, 0.3) is 0 Å². The Morgan fingerprint density at radius 1 is 1.48 bits per heavy atom. The molecule has 2 aromatic rings. The lowest BCUT2D eigenvalue weighted by atomic mass is 10.1. The van der Waals surface area contributed by atoms with Crippen molar-refractivity contribution in [2.75, 3.05) is 5.32 Å². The Morgan fingerprint density at radius 2 is 2.19 bits per heavy atom. The van der Waals surface area contributed by atoms with Crippen LogP contribution in [-0.4, -0.2) is 25.8 Å². The van der Waals surface area contributed by atoms with Crippen molar-refractivity contribution in [3.8, 4) is 0 Å². The normalized spacial score (nSPS) is 10.6.